The van der Waals surface area contributed by atoms with Gasteiger partial charge in [-0.1, -0.05) is 0 Å². The summed E-state index contributed by atoms with van der Waals surface area (Å²) in [6.07, 6.45) is 4.39. The van der Waals surface area contributed by atoms with Gasteiger partial charge < -0.3 is 10.1 Å². The van der Waals surface area contributed by atoms with Crippen LogP contribution >= 0.6 is 15.9 Å². The summed E-state index contributed by atoms with van der Waals surface area (Å²) in [5, 5.41) is 7.03. The van der Waals surface area contributed by atoms with E-state index >= 15 is 0 Å². The Kier molecular flexibility index (Phi) is 5.08. The van der Waals surface area contributed by atoms with E-state index in [9.17, 15) is 4.79 Å². The fourth-order valence-corrected chi connectivity index (χ4v) is 2.22. The fourth-order valence-electron chi connectivity index (χ4n) is 1.68. The van der Waals surface area contributed by atoms with Gasteiger partial charge in [-0.15, -0.1) is 0 Å². The predicted molar refractivity (Wildman–Crippen MR) is 78.7 cm³/mol. The molecule has 0 saturated carbocycles. The maximum absolute atomic E-state index is 12.0. The molecule has 0 atom stereocenters. The van der Waals surface area contributed by atoms with Crippen LogP contribution in [-0.2, 0) is 4.74 Å². The molecule has 2 aromatic rings. The van der Waals surface area contributed by atoms with Gasteiger partial charge in [0.2, 0.25) is 0 Å². The van der Waals surface area contributed by atoms with Crippen LogP contribution in [0.15, 0.2) is 22.9 Å². The van der Waals surface area contributed by atoms with Crippen LogP contribution in [-0.4, -0.2) is 39.8 Å². The molecule has 0 unspecified atom stereocenters. The minimum atomic E-state index is -0.216. The third kappa shape index (κ3) is 3.55. The molecule has 1 N–H and O–H groups in total. The molecule has 7 heteroatoms. The lowest BCUT2D eigenvalue weighted by atomic mass is 10.3. The molecular formula is C13H17BrN4O2. The first-order chi connectivity index (χ1) is 9.59. The van der Waals surface area contributed by atoms with Crippen LogP contribution < -0.4 is 5.32 Å². The smallest absolute Gasteiger partial charge is 0.273 e. The SMILES string of the molecule is CC(C)OCCCNC(=O)c1nn2cccnc2c1Br. The number of ether oxygens (including phenoxy) is 1. The Balaban J connectivity index is 1.93. The average molecular weight is 341 g/mol. The van der Waals surface area contributed by atoms with Crippen molar-refractivity contribution in [2.24, 2.45) is 0 Å². The number of nitrogens with zero attached hydrogens (tertiary/aromatic N) is 3. The van der Waals surface area contributed by atoms with Crippen molar-refractivity contribution in [3.63, 3.8) is 0 Å². The number of hydrogen-bond donors (Lipinski definition) is 1. The van der Waals surface area contributed by atoms with Crippen molar-refractivity contribution in [1.29, 1.82) is 0 Å². The summed E-state index contributed by atoms with van der Waals surface area (Å²) in [5.41, 5.74) is 0.967. The van der Waals surface area contributed by atoms with Gasteiger partial charge in [0.1, 0.15) is 0 Å². The number of rotatable bonds is 6. The Morgan fingerprint density at radius 2 is 2.35 bits per heavy atom. The first kappa shape index (κ1) is 14.9. The Morgan fingerprint density at radius 3 is 3.05 bits per heavy atom. The number of halogens is 1. The molecule has 2 aromatic heterocycles. The Labute approximate surface area is 125 Å². The number of amides is 1. The number of aromatic nitrogens is 3. The van der Waals surface area contributed by atoms with Crippen molar-refractivity contribution in [3.8, 4) is 0 Å². The van der Waals surface area contributed by atoms with Gasteiger partial charge in [-0.2, -0.15) is 5.10 Å². The van der Waals surface area contributed by atoms with Crippen LogP contribution in [0.5, 0.6) is 0 Å². The van der Waals surface area contributed by atoms with Gasteiger partial charge in [0.25, 0.3) is 5.91 Å². The molecule has 0 spiro atoms. The number of carbonyl (C=O) groups excluding carboxylic acids is 1. The molecular weight excluding hydrogens is 324 g/mol. The molecule has 0 saturated heterocycles. The first-order valence-electron chi connectivity index (χ1n) is 6.48. The quantitative estimate of drug-likeness (QED) is 0.817. The minimum absolute atomic E-state index is 0.212. The van der Waals surface area contributed by atoms with Crippen LogP contribution in [0.1, 0.15) is 30.8 Å². The van der Waals surface area contributed by atoms with Crippen molar-refractivity contribution in [2.45, 2.75) is 26.4 Å². The van der Waals surface area contributed by atoms with Crippen molar-refractivity contribution >= 4 is 27.5 Å². The lowest BCUT2D eigenvalue weighted by Gasteiger charge is -2.07. The largest absolute Gasteiger partial charge is 0.379 e. The molecule has 0 aliphatic carbocycles. The highest BCUT2D eigenvalue weighted by Gasteiger charge is 2.17. The zero-order valence-corrected chi connectivity index (χ0v) is 13.1. The molecule has 108 valence electrons. The van der Waals surface area contributed by atoms with Gasteiger partial charge in [-0.3, -0.25) is 4.79 Å². The van der Waals surface area contributed by atoms with E-state index in [1.807, 2.05) is 13.8 Å². The maximum atomic E-state index is 12.0. The molecule has 2 rings (SSSR count). The molecule has 0 fully saturated rings. The van der Waals surface area contributed by atoms with Gasteiger partial charge in [0.05, 0.1) is 10.6 Å². The van der Waals surface area contributed by atoms with Crippen LogP contribution in [0.25, 0.3) is 5.65 Å². The van der Waals surface area contributed by atoms with Gasteiger partial charge >= 0.3 is 0 Å². The molecule has 6 nitrogen and oxygen atoms in total. The summed E-state index contributed by atoms with van der Waals surface area (Å²) in [6.45, 7) is 5.16. The van der Waals surface area contributed by atoms with Gasteiger partial charge in [-0.25, -0.2) is 9.50 Å². The lowest BCUT2D eigenvalue weighted by molar-refractivity contribution is 0.0756. The molecule has 2 heterocycles. The second kappa shape index (κ2) is 6.81. The van der Waals surface area contributed by atoms with Gasteiger partial charge in [-0.05, 0) is 42.3 Å². The summed E-state index contributed by atoms with van der Waals surface area (Å²) in [4.78, 5) is 16.2. The highest BCUT2D eigenvalue weighted by atomic mass is 79.9. The third-order valence-corrected chi connectivity index (χ3v) is 3.34. The van der Waals surface area contributed by atoms with Crippen molar-refractivity contribution < 1.29 is 9.53 Å². The minimum Gasteiger partial charge on any atom is -0.379 e. The second-order valence-electron chi connectivity index (χ2n) is 4.58. The molecule has 0 aromatic carbocycles. The lowest BCUT2D eigenvalue weighted by Crippen LogP contribution is -2.26. The summed E-state index contributed by atoms with van der Waals surface area (Å²) in [5.74, 6) is -0.216. The van der Waals surface area contributed by atoms with Crippen molar-refractivity contribution in [2.75, 3.05) is 13.2 Å². The van der Waals surface area contributed by atoms with E-state index in [4.69, 9.17) is 4.74 Å². The summed E-state index contributed by atoms with van der Waals surface area (Å²) >= 11 is 3.36. The van der Waals surface area contributed by atoms with E-state index in [1.54, 1.807) is 23.0 Å². The number of fused-ring (bicyclic) bond motifs is 1. The number of carbonyl (C=O) groups is 1. The van der Waals surface area contributed by atoms with Crippen LogP contribution in [0, 0.1) is 0 Å². The van der Waals surface area contributed by atoms with Crippen molar-refractivity contribution in [1.82, 2.24) is 19.9 Å². The van der Waals surface area contributed by atoms with Gasteiger partial charge in [0, 0.05) is 25.5 Å². The Bertz CT molecular complexity index is 597. The van der Waals surface area contributed by atoms with E-state index in [-0.39, 0.29) is 12.0 Å². The van der Waals surface area contributed by atoms with Gasteiger partial charge in [0.15, 0.2) is 11.3 Å². The number of hydrogen-bond acceptors (Lipinski definition) is 4. The molecule has 0 radical (unpaired) electrons. The fraction of sp³-hybridized carbons (Fsp3) is 0.462. The Morgan fingerprint density at radius 1 is 1.55 bits per heavy atom. The molecule has 0 aliphatic heterocycles. The predicted octanol–water partition coefficient (Wildman–Crippen LogP) is 2.04. The topological polar surface area (TPSA) is 68.5 Å². The molecule has 0 aliphatic rings. The van der Waals surface area contributed by atoms with E-state index in [2.05, 4.69) is 31.3 Å². The van der Waals surface area contributed by atoms with E-state index in [0.29, 0.717) is 29.0 Å². The van der Waals surface area contributed by atoms with E-state index < -0.39 is 0 Å². The normalized spacial score (nSPS) is 11.2. The average Bonchev–Trinajstić information content (AvgIpc) is 2.76. The summed E-state index contributed by atoms with van der Waals surface area (Å²) in [6, 6.07) is 1.76. The standard InChI is InChI=1S/C13H17BrN4O2/c1-9(2)20-8-4-6-16-13(19)11-10(14)12-15-5-3-7-18(12)17-11/h3,5,7,9H,4,6,8H2,1-2H3,(H,16,19). The highest BCUT2D eigenvalue weighted by Crippen LogP contribution is 2.20. The Hall–Kier alpha value is -1.47. The van der Waals surface area contributed by atoms with Crippen LogP contribution in [0.4, 0.5) is 0 Å². The first-order valence-corrected chi connectivity index (χ1v) is 7.27. The summed E-state index contributed by atoms with van der Waals surface area (Å²) < 4.78 is 7.59. The summed E-state index contributed by atoms with van der Waals surface area (Å²) in [7, 11) is 0. The van der Waals surface area contributed by atoms with Crippen molar-refractivity contribution in [3.05, 3.63) is 28.6 Å². The zero-order chi connectivity index (χ0) is 14.5. The zero-order valence-electron chi connectivity index (χ0n) is 11.5. The second-order valence-corrected chi connectivity index (χ2v) is 5.37. The highest BCUT2D eigenvalue weighted by molar-refractivity contribution is 9.10. The maximum Gasteiger partial charge on any atom is 0.273 e. The van der Waals surface area contributed by atoms with Crippen LogP contribution in [0.2, 0.25) is 0 Å². The molecule has 1 amide bonds. The van der Waals surface area contributed by atoms with E-state index in [1.165, 1.54) is 0 Å². The number of nitrogens with one attached hydrogen (secondary N) is 1. The molecule has 20 heavy (non-hydrogen) atoms. The van der Waals surface area contributed by atoms with E-state index in [0.717, 1.165) is 6.42 Å². The third-order valence-electron chi connectivity index (χ3n) is 2.61. The monoisotopic (exact) mass is 340 g/mol. The van der Waals surface area contributed by atoms with Crippen LogP contribution in [0.3, 0.4) is 0 Å². The molecule has 0 bridgehead atoms.